The van der Waals surface area contributed by atoms with E-state index in [4.69, 9.17) is 4.74 Å². The van der Waals surface area contributed by atoms with Crippen LogP contribution in [0.2, 0.25) is 0 Å². The quantitative estimate of drug-likeness (QED) is 0.820. The van der Waals surface area contributed by atoms with Gasteiger partial charge in [-0.15, -0.1) is 0 Å². The fourth-order valence-corrected chi connectivity index (χ4v) is 2.32. The first-order valence-electron chi connectivity index (χ1n) is 6.65. The molecule has 1 aromatic heterocycles. The lowest BCUT2D eigenvalue weighted by Crippen LogP contribution is -2.06. The van der Waals surface area contributed by atoms with Crippen molar-refractivity contribution in [3.8, 4) is 0 Å². The predicted octanol–water partition coefficient (Wildman–Crippen LogP) is 3.22. The highest BCUT2D eigenvalue weighted by molar-refractivity contribution is 5.34. The van der Waals surface area contributed by atoms with Gasteiger partial charge < -0.3 is 10.1 Å². The normalized spacial score (nSPS) is 16.3. The van der Waals surface area contributed by atoms with Crippen LogP contribution in [0.1, 0.15) is 38.2 Å². The fraction of sp³-hybridized carbons (Fsp3) is 0.643. The molecule has 0 aliphatic heterocycles. The third-order valence-electron chi connectivity index (χ3n) is 3.28. The van der Waals surface area contributed by atoms with E-state index in [1.165, 1.54) is 25.7 Å². The Bertz CT molecular complexity index is 317. The smallest absolute Gasteiger partial charge is 0.125 e. The van der Waals surface area contributed by atoms with Gasteiger partial charge in [-0.25, -0.2) is 4.98 Å². The molecule has 0 unspecified atom stereocenters. The molecule has 1 aliphatic carbocycles. The van der Waals surface area contributed by atoms with Gasteiger partial charge in [0.2, 0.25) is 0 Å². The van der Waals surface area contributed by atoms with E-state index in [-0.39, 0.29) is 0 Å². The second kappa shape index (κ2) is 6.60. The summed E-state index contributed by atoms with van der Waals surface area (Å²) in [6.07, 6.45) is 7.35. The summed E-state index contributed by atoms with van der Waals surface area (Å²) in [7, 11) is 0. The number of anilines is 1. The average molecular weight is 234 g/mol. The van der Waals surface area contributed by atoms with Gasteiger partial charge in [0.1, 0.15) is 5.82 Å². The lowest BCUT2D eigenvalue weighted by Gasteiger charge is -2.10. The summed E-state index contributed by atoms with van der Waals surface area (Å²) in [5.74, 6) is 1.73. The molecule has 1 N–H and O–H groups in total. The Kier molecular flexibility index (Phi) is 4.80. The van der Waals surface area contributed by atoms with Crippen molar-refractivity contribution in [3.63, 3.8) is 0 Å². The third kappa shape index (κ3) is 4.00. The van der Waals surface area contributed by atoms with Crippen molar-refractivity contribution < 1.29 is 4.74 Å². The zero-order valence-corrected chi connectivity index (χ0v) is 10.6. The van der Waals surface area contributed by atoms with Gasteiger partial charge >= 0.3 is 0 Å². The van der Waals surface area contributed by atoms with Gasteiger partial charge in [0.05, 0.1) is 6.61 Å². The van der Waals surface area contributed by atoms with E-state index in [1.54, 1.807) is 0 Å². The van der Waals surface area contributed by atoms with Gasteiger partial charge in [0, 0.05) is 19.3 Å². The Hall–Kier alpha value is -1.09. The summed E-state index contributed by atoms with van der Waals surface area (Å²) in [6, 6.07) is 4.09. The highest BCUT2D eigenvalue weighted by Gasteiger charge is 2.14. The average Bonchev–Trinajstić information content (AvgIpc) is 2.85. The van der Waals surface area contributed by atoms with Crippen LogP contribution in [-0.4, -0.2) is 18.1 Å². The summed E-state index contributed by atoms with van der Waals surface area (Å²) in [6.45, 7) is 4.58. The first kappa shape index (κ1) is 12.4. The van der Waals surface area contributed by atoms with Crippen molar-refractivity contribution in [3.05, 3.63) is 23.9 Å². The topological polar surface area (TPSA) is 34.1 Å². The van der Waals surface area contributed by atoms with Crippen LogP contribution in [0.3, 0.4) is 0 Å². The fourth-order valence-electron chi connectivity index (χ4n) is 2.32. The summed E-state index contributed by atoms with van der Waals surface area (Å²) in [4.78, 5) is 4.33. The zero-order valence-electron chi connectivity index (χ0n) is 10.6. The van der Waals surface area contributed by atoms with Crippen molar-refractivity contribution in [2.75, 3.05) is 18.5 Å². The largest absolute Gasteiger partial charge is 0.376 e. The second-order valence-electron chi connectivity index (χ2n) is 4.75. The molecule has 0 aromatic carbocycles. The lowest BCUT2D eigenvalue weighted by molar-refractivity contribution is 0.0887. The van der Waals surface area contributed by atoms with Gasteiger partial charge in [-0.2, -0.15) is 0 Å². The van der Waals surface area contributed by atoms with Crippen LogP contribution in [0, 0.1) is 5.92 Å². The maximum atomic E-state index is 5.74. The van der Waals surface area contributed by atoms with Crippen LogP contribution in [0.25, 0.3) is 0 Å². The molecule has 0 spiro atoms. The number of rotatable bonds is 6. The second-order valence-corrected chi connectivity index (χ2v) is 4.75. The number of hydrogen-bond donors (Lipinski definition) is 1. The van der Waals surface area contributed by atoms with E-state index in [1.807, 2.05) is 12.3 Å². The highest BCUT2D eigenvalue weighted by Crippen LogP contribution is 2.24. The molecule has 1 aromatic rings. The Balaban J connectivity index is 1.70. The summed E-state index contributed by atoms with van der Waals surface area (Å²) in [5.41, 5.74) is 1.16. The minimum absolute atomic E-state index is 0.690. The molecule has 0 amide bonds. The highest BCUT2D eigenvalue weighted by atomic mass is 16.5. The minimum Gasteiger partial charge on any atom is -0.376 e. The first-order valence-corrected chi connectivity index (χ1v) is 6.65. The van der Waals surface area contributed by atoms with Crippen molar-refractivity contribution in [1.29, 1.82) is 0 Å². The third-order valence-corrected chi connectivity index (χ3v) is 3.28. The van der Waals surface area contributed by atoms with E-state index in [0.717, 1.165) is 30.5 Å². The van der Waals surface area contributed by atoms with Crippen molar-refractivity contribution in [2.45, 2.75) is 39.2 Å². The summed E-state index contributed by atoms with van der Waals surface area (Å²) >= 11 is 0. The van der Waals surface area contributed by atoms with Gasteiger partial charge in [-0.1, -0.05) is 18.9 Å². The van der Waals surface area contributed by atoms with Crippen molar-refractivity contribution in [1.82, 2.24) is 4.98 Å². The Morgan fingerprint density at radius 3 is 2.82 bits per heavy atom. The zero-order chi connectivity index (χ0) is 11.9. The van der Waals surface area contributed by atoms with Gasteiger partial charge in [0.15, 0.2) is 0 Å². The molecule has 2 rings (SSSR count). The monoisotopic (exact) mass is 234 g/mol. The SMILES string of the molecule is CCNc1ccc(COCC2CCCC2)cn1. The molecule has 0 radical (unpaired) electrons. The van der Waals surface area contributed by atoms with E-state index in [9.17, 15) is 0 Å². The maximum Gasteiger partial charge on any atom is 0.125 e. The molecule has 3 heteroatoms. The van der Waals surface area contributed by atoms with E-state index in [0.29, 0.717) is 6.61 Å². The first-order chi connectivity index (χ1) is 8.38. The molecule has 94 valence electrons. The number of aromatic nitrogens is 1. The van der Waals surface area contributed by atoms with Crippen LogP contribution in [0.4, 0.5) is 5.82 Å². The van der Waals surface area contributed by atoms with Crippen LogP contribution in [0.5, 0.6) is 0 Å². The molecule has 3 nitrogen and oxygen atoms in total. The predicted molar refractivity (Wildman–Crippen MR) is 70.0 cm³/mol. The van der Waals surface area contributed by atoms with Crippen LogP contribution in [-0.2, 0) is 11.3 Å². The maximum absolute atomic E-state index is 5.74. The van der Waals surface area contributed by atoms with E-state index >= 15 is 0 Å². The number of nitrogens with zero attached hydrogens (tertiary/aromatic N) is 1. The lowest BCUT2D eigenvalue weighted by atomic mass is 10.1. The van der Waals surface area contributed by atoms with Gasteiger partial charge in [-0.05, 0) is 37.3 Å². The number of hydrogen-bond acceptors (Lipinski definition) is 3. The number of ether oxygens (including phenoxy) is 1. The van der Waals surface area contributed by atoms with Crippen LogP contribution in [0.15, 0.2) is 18.3 Å². The molecule has 0 saturated heterocycles. The van der Waals surface area contributed by atoms with Gasteiger partial charge in [0.25, 0.3) is 0 Å². The molecular weight excluding hydrogens is 212 g/mol. The number of nitrogens with one attached hydrogen (secondary N) is 1. The molecule has 17 heavy (non-hydrogen) atoms. The standard InChI is InChI=1S/C14H22N2O/c1-2-15-14-8-7-13(9-16-14)11-17-10-12-5-3-4-6-12/h7-9,12H,2-6,10-11H2,1H3,(H,15,16). The summed E-state index contributed by atoms with van der Waals surface area (Å²) < 4.78 is 5.74. The Labute approximate surface area is 104 Å². The summed E-state index contributed by atoms with van der Waals surface area (Å²) in [5, 5.41) is 3.18. The van der Waals surface area contributed by atoms with E-state index < -0.39 is 0 Å². The van der Waals surface area contributed by atoms with Crippen molar-refractivity contribution in [2.24, 2.45) is 5.92 Å². The van der Waals surface area contributed by atoms with Crippen molar-refractivity contribution >= 4 is 5.82 Å². The molecule has 1 aliphatic rings. The molecule has 1 saturated carbocycles. The van der Waals surface area contributed by atoms with Crippen LogP contribution >= 0.6 is 0 Å². The van der Waals surface area contributed by atoms with Crippen LogP contribution < -0.4 is 5.32 Å². The number of pyridine rings is 1. The minimum atomic E-state index is 0.690. The van der Waals surface area contributed by atoms with Gasteiger partial charge in [-0.3, -0.25) is 0 Å². The Morgan fingerprint density at radius 2 is 2.18 bits per heavy atom. The molecule has 1 fully saturated rings. The molecule has 0 atom stereocenters. The molecular formula is C14H22N2O. The molecule has 0 bridgehead atoms. The molecule has 1 heterocycles. The van der Waals surface area contributed by atoms with E-state index in [2.05, 4.69) is 23.3 Å². The Morgan fingerprint density at radius 1 is 1.35 bits per heavy atom.